The molecule has 0 aromatic rings. The van der Waals surface area contributed by atoms with E-state index in [-0.39, 0.29) is 11.9 Å². The number of nitrogens with two attached hydrogens (primary N) is 1. The lowest BCUT2D eigenvalue weighted by atomic mass is 10.1. The molecular formula is C6H12N2OS. The molecule has 0 aromatic carbocycles. The van der Waals surface area contributed by atoms with Crippen molar-refractivity contribution >= 4 is 18.5 Å². The lowest BCUT2D eigenvalue weighted by Crippen LogP contribution is -2.57. The average molecular weight is 160 g/mol. The summed E-state index contributed by atoms with van der Waals surface area (Å²) < 4.78 is 0. The highest BCUT2D eigenvalue weighted by atomic mass is 32.1. The number of carbonyl (C=O) groups is 1. The minimum absolute atomic E-state index is 0.178. The van der Waals surface area contributed by atoms with Crippen molar-refractivity contribution in [2.24, 2.45) is 5.73 Å². The van der Waals surface area contributed by atoms with Gasteiger partial charge in [0, 0.05) is 25.6 Å². The van der Waals surface area contributed by atoms with Gasteiger partial charge in [0.15, 0.2) is 0 Å². The first kappa shape index (κ1) is 7.88. The molecule has 0 aliphatic carbocycles. The molecular weight excluding hydrogens is 148 g/mol. The van der Waals surface area contributed by atoms with Crippen LogP contribution in [0.3, 0.4) is 0 Å². The number of hydrogen-bond donors (Lipinski definition) is 2. The standard InChI is InChI=1S/C6H12N2OS/c7-5-3-8(4-5)6(9)1-2-10/h5,10H,1-4,7H2. The Morgan fingerprint density at radius 1 is 1.70 bits per heavy atom. The van der Waals surface area contributed by atoms with Crippen LogP contribution in [0.2, 0.25) is 0 Å². The Morgan fingerprint density at radius 3 is 2.70 bits per heavy atom. The fraction of sp³-hybridized carbons (Fsp3) is 0.833. The molecule has 0 unspecified atom stereocenters. The number of hydrogen-bond acceptors (Lipinski definition) is 3. The molecule has 1 fully saturated rings. The number of likely N-dealkylation sites (tertiary alicyclic amines) is 1. The van der Waals surface area contributed by atoms with Gasteiger partial charge in [-0.15, -0.1) is 0 Å². The van der Waals surface area contributed by atoms with E-state index >= 15 is 0 Å². The second-order valence-electron chi connectivity index (χ2n) is 2.53. The van der Waals surface area contributed by atoms with Gasteiger partial charge in [-0.2, -0.15) is 12.6 Å². The summed E-state index contributed by atoms with van der Waals surface area (Å²) in [6.07, 6.45) is 0.538. The van der Waals surface area contributed by atoms with E-state index in [9.17, 15) is 4.79 Å². The fourth-order valence-electron chi connectivity index (χ4n) is 0.970. The average Bonchev–Trinajstić information content (AvgIpc) is 1.82. The first-order valence-electron chi connectivity index (χ1n) is 3.38. The minimum atomic E-state index is 0.178. The summed E-state index contributed by atoms with van der Waals surface area (Å²) in [5.74, 6) is 0.807. The SMILES string of the molecule is NC1CN(C(=O)CCS)C1. The molecule has 0 atom stereocenters. The van der Waals surface area contributed by atoms with Crippen LogP contribution >= 0.6 is 12.6 Å². The van der Waals surface area contributed by atoms with Gasteiger partial charge in [0.25, 0.3) is 0 Å². The second-order valence-corrected chi connectivity index (χ2v) is 2.98. The Labute approximate surface area is 66.0 Å². The summed E-state index contributed by atoms with van der Waals surface area (Å²) in [7, 11) is 0. The predicted molar refractivity (Wildman–Crippen MR) is 43.0 cm³/mol. The topological polar surface area (TPSA) is 46.3 Å². The van der Waals surface area contributed by atoms with E-state index in [0.717, 1.165) is 13.1 Å². The third-order valence-electron chi connectivity index (χ3n) is 1.59. The van der Waals surface area contributed by atoms with Gasteiger partial charge in [-0.3, -0.25) is 4.79 Å². The van der Waals surface area contributed by atoms with E-state index in [1.165, 1.54) is 0 Å². The van der Waals surface area contributed by atoms with Crippen LogP contribution in [-0.2, 0) is 4.79 Å². The molecule has 0 aromatic heterocycles. The van der Waals surface area contributed by atoms with Gasteiger partial charge in [0.05, 0.1) is 0 Å². The number of nitrogens with zero attached hydrogens (tertiary/aromatic N) is 1. The van der Waals surface area contributed by atoms with Crippen molar-refractivity contribution in [1.29, 1.82) is 0 Å². The summed E-state index contributed by atoms with van der Waals surface area (Å²) in [5.41, 5.74) is 5.49. The van der Waals surface area contributed by atoms with Gasteiger partial charge in [-0.1, -0.05) is 0 Å². The summed E-state index contributed by atoms with van der Waals surface area (Å²) in [6.45, 7) is 1.46. The molecule has 10 heavy (non-hydrogen) atoms. The van der Waals surface area contributed by atoms with Gasteiger partial charge in [0.1, 0.15) is 0 Å². The molecule has 2 N–H and O–H groups in total. The number of amides is 1. The van der Waals surface area contributed by atoms with Crippen molar-refractivity contribution in [2.75, 3.05) is 18.8 Å². The van der Waals surface area contributed by atoms with Crippen LogP contribution in [0.5, 0.6) is 0 Å². The number of rotatable bonds is 2. The van der Waals surface area contributed by atoms with Crippen molar-refractivity contribution in [1.82, 2.24) is 4.90 Å². The third-order valence-corrected chi connectivity index (χ3v) is 1.81. The molecule has 1 aliphatic rings. The first-order valence-corrected chi connectivity index (χ1v) is 4.01. The van der Waals surface area contributed by atoms with Crippen LogP contribution in [0.1, 0.15) is 6.42 Å². The van der Waals surface area contributed by atoms with E-state index in [2.05, 4.69) is 12.6 Å². The smallest absolute Gasteiger partial charge is 0.223 e. The maximum atomic E-state index is 11.0. The lowest BCUT2D eigenvalue weighted by Gasteiger charge is -2.36. The number of carbonyl (C=O) groups excluding carboxylic acids is 1. The van der Waals surface area contributed by atoms with E-state index in [4.69, 9.17) is 5.73 Å². The Kier molecular flexibility index (Phi) is 2.56. The maximum Gasteiger partial charge on any atom is 0.223 e. The lowest BCUT2D eigenvalue weighted by molar-refractivity contribution is -0.134. The molecule has 3 nitrogen and oxygen atoms in total. The Morgan fingerprint density at radius 2 is 2.30 bits per heavy atom. The van der Waals surface area contributed by atoms with Crippen molar-refractivity contribution in [2.45, 2.75) is 12.5 Å². The van der Waals surface area contributed by atoms with Gasteiger partial charge in [-0.25, -0.2) is 0 Å². The summed E-state index contributed by atoms with van der Waals surface area (Å²) in [4.78, 5) is 12.8. The molecule has 0 bridgehead atoms. The molecule has 1 heterocycles. The van der Waals surface area contributed by atoms with E-state index in [1.54, 1.807) is 4.90 Å². The Balaban J connectivity index is 2.18. The largest absolute Gasteiger partial charge is 0.339 e. The van der Waals surface area contributed by atoms with E-state index in [0.29, 0.717) is 12.2 Å². The predicted octanol–water partition coefficient (Wildman–Crippen LogP) is -0.524. The fourth-order valence-corrected chi connectivity index (χ4v) is 1.16. The highest BCUT2D eigenvalue weighted by molar-refractivity contribution is 7.80. The number of thiol groups is 1. The van der Waals surface area contributed by atoms with Crippen LogP contribution in [0.4, 0.5) is 0 Å². The Hall–Kier alpha value is -0.220. The zero-order valence-electron chi connectivity index (χ0n) is 5.79. The quantitative estimate of drug-likeness (QED) is 0.534. The molecule has 0 spiro atoms. The van der Waals surface area contributed by atoms with Crippen LogP contribution in [0, 0.1) is 0 Å². The molecule has 1 amide bonds. The van der Waals surface area contributed by atoms with Crippen LogP contribution in [0.15, 0.2) is 0 Å². The normalized spacial score (nSPS) is 18.8. The van der Waals surface area contributed by atoms with Crippen molar-refractivity contribution in [3.8, 4) is 0 Å². The zero-order valence-corrected chi connectivity index (χ0v) is 6.68. The second kappa shape index (κ2) is 3.25. The van der Waals surface area contributed by atoms with Gasteiger partial charge in [0.2, 0.25) is 5.91 Å². The van der Waals surface area contributed by atoms with Crippen LogP contribution in [-0.4, -0.2) is 35.7 Å². The van der Waals surface area contributed by atoms with Crippen LogP contribution in [0.25, 0.3) is 0 Å². The summed E-state index contributed by atoms with van der Waals surface area (Å²) in [6, 6.07) is 0.212. The summed E-state index contributed by atoms with van der Waals surface area (Å²) in [5, 5.41) is 0. The highest BCUT2D eigenvalue weighted by Gasteiger charge is 2.26. The highest BCUT2D eigenvalue weighted by Crippen LogP contribution is 2.06. The van der Waals surface area contributed by atoms with Crippen molar-refractivity contribution in [3.05, 3.63) is 0 Å². The molecule has 1 saturated heterocycles. The van der Waals surface area contributed by atoms with Gasteiger partial charge >= 0.3 is 0 Å². The van der Waals surface area contributed by atoms with Crippen molar-refractivity contribution in [3.63, 3.8) is 0 Å². The Bertz CT molecular complexity index is 134. The monoisotopic (exact) mass is 160 g/mol. The molecule has 4 heteroatoms. The van der Waals surface area contributed by atoms with E-state index in [1.807, 2.05) is 0 Å². The zero-order chi connectivity index (χ0) is 7.56. The molecule has 0 saturated carbocycles. The van der Waals surface area contributed by atoms with Gasteiger partial charge < -0.3 is 10.6 Å². The summed E-state index contributed by atoms with van der Waals surface area (Å²) >= 11 is 3.96. The van der Waals surface area contributed by atoms with Crippen LogP contribution < -0.4 is 5.73 Å². The molecule has 58 valence electrons. The van der Waals surface area contributed by atoms with Gasteiger partial charge in [-0.05, 0) is 5.75 Å². The minimum Gasteiger partial charge on any atom is -0.339 e. The molecule has 1 rings (SSSR count). The van der Waals surface area contributed by atoms with E-state index < -0.39 is 0 Å². The third kappa shape index (κ3) is 1.64. The maximum absolute atomic E-state index is 11.0. The first-order chi connectivity index (χ1) is 4.74. The molecule has 1 aliphatic heterocycles. The van der Waals surface area contributed by atoms with Crippen molar-refractivity contribution < 1.29 is 4.79 Å². The molecule has 0 radical (unpaired) electrons.